The fourth-order valence-corrected chi connectivity index (χ4v) is 6.52. The SMILES string of the molecule is O=C1N=NC(S(=O)(=O)Cc2ccccc2C(=O)O)=C1S(=O)(=O)Cc1ccccc1C(=O)O. The fourth-order valence-electron chi connectivity index (χ4n) is 3.00. The summed E-state index contributed by atoms with van der Waals surface area (Å²) in [6.45, 7) is 0. The molecule has 0 radical (unpaired) electrons. The number of amides is 1. The van der Waals surface area contributed by atoms with Crippen LogP contribution >= 0.6 is 0 Å². The summed E-state index contributed by atoms with van der Waals surface area (Å²) >= 11 is 0. The molecule has 1 amide bonds. The van der Waals surface area contributed by atoms with Gasteiger partial charge in [-0.25, -0.2) is 26.4 Å². The second kappa shape index (κ2) is 8.43. The van der Waals surface area contributed by atoms with Gasteiger partial charge in [0.1, 0.15) is 0 Å². The van der Waals surface area contributed by atoms with E-state index in [-0.39, 0.29) is 22.3 Å². The Morgan fingerprint density at radius 3 is 1.62 bits per heavy atom. The van der Waals surface area contributed by atoms with E-state index >= 15 is 0 Å². The highest BCUT2D eigenvalue weighted by Crippen LogP contribution is 2.31. The zero-order valence-electron chi connectivity index (χ0n) is 16.0. The van der Waals surface area contributed by atoms with Gasteiger partial charge >= 0.3 is 17.8 Å². The Morgan fingerprint density at radius 2 is 1.16 bits per heavy atom. The Bertz CT molecular complexity index is 1330. The van der Waals surface area contributed by atoms with Gasteiger partial charge < -0.3 is 10.2 Å². The first-order valence-electron chi connectivity index (χ1n) is 8.72. The minimum Gasteiger partial charge on any atom is -0.478 e. The molecule has 0 aromatic heterocycles. The molecule has 2 N–H and O–H groups in total. The van der Waals surface area contributed by atoms with Gasteiger partial charge in [0.05, 0.1) is 22.6 Å². The molecule has 0 saturated carbocycles. The van der Waals surface area contributed by atoms with Gasteiger partial charge in [-0.15, -0.1) is 10.2 Å². The number of carboxylic acid groups (broad SMARTS) is 2. The van der Waals surface area contributed by atoms with Crippen LogP contribution in [0.25, 0.3) is 0 Å². The second-order valence-corrected chi connectivity index (χ2v) is 10.4. The molecule has 0 saturated heterocycles. The van der Waals surface area contributed by atoms with Crippen LogP contribution in [0.1, 0.15) is 31.8 Å². The van der Waals surface area contributed by atoms with Crippen LogP contribution in [0, 0.1) is 0 Å². The highest BCUT2D eigenvalue weighted by molar-refractivity contribution is 7.99. The molecule has 2 aromatic rings. The maximum absolute atomic E-state index is 12.9. The van der Waals surface area contributed by atoms with Crippen molar-refractivity contribution in [1.82, 2.24) is 0 Å². The fraction of sp³-hybridized carbons (Fsp3) is 0.105. The number of sulfone groups is 2. The third-order valence-electron chi connectivity index (χ3n) is 4.41. The number of hydrogen-bond acceptors (Lipinski definition) is 8. The smallest absolute Gasteiger partial charge is 0.335 e. The van der Waals surface area contributed by atoms with Crippen LogP contribution in [0.5, 0.6) is 0 Å². The number of rotatable bonds is 8. The molecule has 32 heavy (non-hydrogen) atoms. The van der Waals surface area contributed by atoms with Gasteiger partial charge in [-0.2, -0.15) is 0 Å². The molecule has 13 heteroatoms. The van der Waals surface area contributed by atoms with Crippen molar-refractivity contribution in [2.45, 2.75) is 11.5 Å². The summed E-state index contributed by atoms with van der Waals surface area (Å²) in [4.78, 5) is 33.7. The molecule has 0 spiro atoms. The number of nitrogens with zero attached hydrogens (tertiary/aromatic N) is 2. The molecule has 0 fully saturated rings. The first-order valence-corrected chi connectivity index (χ1v) is 12.0. The van der Waals surface area contributed by atoms with Crippen molar-refractivity contribution >= 4 is 37.5 Å². The molecule has 0 aliphatic carbocycles. The Balaban J connectivity index is 2.07. The molecule has 1 heterocycles. The van der Waals surface area contributed by atoms with E-state index in [9.17, 15) is 41.4 Å². The zero-order valence-corrected chi connectivity index (χ0v) is 17.6. The lowest BCUT2D eigenvalue weighted by molar-refractivity contribution is -0.113. The predicted molar refractivity (Wildman–Crippen MR) is 109 cm³/mol. The van der Waals surface area contributed by atoms with Crippen LogP contribution in [-0.4, -0.2) is 44.9 Å². The Hall–Kier alpha value is -3.71. The van der Waals surface area contributed by atoms with Crippen molar-refractivity contribution in [3.05, 3.63) is 80.7 Å². The minimum absolute atomic E-state index is 0.144. The van der Waals surface area contributed by atoms with Crippen LogP contribution in [0.15, 0.2) is 68.7 Å². The number of hydrogen-bond donors (Lipinski definition) is 2. The lowest BCUT2D eigenvalue weighted by Crippen LogP contribution is -2.19. The third kappa shape index (κ3) is 4.48. The lowest BCUT2D eigenvalue weighted by Gasteiger charge is -2.10. The van der Waals surface area contributed by atoms with Crippen molar-refractivity contribution in [3.63, 3.8) is 0 Å². The van der Waals surface area contributed by atoms with Gasteiger partial charge in [-0.1, -0.05) is 36.4 Å². The second-order valence-electron chi connectivity index (χ2n) is 6.58. The quantitative estimate of drug-likeness (QED) is 0.570. The van der Waals surface area contributed by atoms with Crippen LogP contribution < -0.4 is 0 Å². The number of azo groups is 1. The first kappa shape index (κ1) is 23.0. The number of aromatic carboxylic acids is 2. The van der Waals surface area contributed by atoms with Crippen molar-refractivity contribution < 1.29 is 41.4 Å². The number of carboxylic acids is 2. The van der Waals surface area contributed by atoms with Crippen molar-refractivity contribution in [3.8, 4) is 0 Å². The maximum atomic E-state index is 12.9. The first-order chi connectivity index (χ1) is 14.9. The summed E-state index contributed by atoms with van der Waals surface area (Å²) in [6, 6.07) is 10.3. The summed E-state index contributed by atoms with van der Waals surface area (Å²) in [5.41, 5.74) is -0.969. The zero-order chi connectivity index (χ0) is 23.7. The summed E-state index contributed by atoms with van der Waals surface area (Å²) in [5, 5.41) is 23.6. The van der Waals surface area contributed by atoms with Gasteiger partial charge in [0.15, 0.2) is 14.7 Å². The number of carbonyl (C=O) groups excluding carboxylic acids is 1. The van der Waals surface area contributed by atoms with E-state index in [1.165, 1.54) is 42.5 Å². The molecule has 166 valence electrons. The predicted octanol–water partition coefficient (Wildman–Crippen LogP) is 1.77. The molecular formula is C19H14N2O9S2. The summed E-state index contributed by atoms with van der Waals surface area (Å²) < 4.78 is 51.6. The van der Waals surface area contributed by atoms with Gasteiger partial charge in [-0.3, -0.25) is 4.79 Å². The van der Waals surface area contributed by atoms with Gasteiger partial charge in [0.25, 0.3) is 0 Å². The van der Waals surface area contributed by atoms with E-state index in [2.05, 4.69) is 10.2 Å². The van der Waals surface area contributed by atoms with Crippen LogP contribution in [-0.2, 0) is 36.0 Å². The molecule has 11 nitrogen and oxygen atoms in total. The van der Waals surface area contributed by atoms with E-state index in [0.29, 0.717) is 0 Å². The van der Waals surface area contributed by atoms with E-state index in [1.807, 2.05) is 0 Å². The number of carbonyl (C=O) groups is 3. The van der Waals surface area contributed by atoms with Crippen molar-refractivity contribution in [1.29, 1.82) is 0 Å². The standard InChI is InChI=1S/C19H14N2O9S2/c22-16-15(31(27,28)9-11-5-1-3-7-13(11)18(23)24)17(21-20-16)32(29,30)10-12-6-2-4-8-14(12)19(25)26/h1-8H,9-10H2,(H,23,24)(H,25,26). The number of benzene rings is 2. The minimum atomic E-state index is -4.69. The van der Waals surface area contributed by atoms with E-state index in [0.717, 1.165) is 6.07 Å². The molecule has 0 unspecified atom stereocenters. The van der Waals surface area contributed by atoms with E-state index < -0.39 is 59.0 Å². The highest BCUT2D eigenvalue weighted by Gasteiger charge is 2.40. The monoisotopic (exact) mass is 478 g/mol. The Kier molecular flexibility index (Phi) is 6.05. The van der Waals surface area contributed by atoms with E-state index in [1.54, 1.807) is 0 Å². The molecule has 3 rings (SSSR count). The van der Waals surface area contributed by atoms with Crippen molar-refractivity contribution in [2.24, 2.45) is 10.2 Å². The van der Waals surface area contributed by atoms with Crippen LogP contribution in [0.3, 0.4) is 0 Å². The van der Waals surface area contributed by atoms with Crippen molar-refractivity contribution in [2.75, 3.05) is 0 Å². The maximum Gasteiger partial charge on any atom is 0.335 e. The summed E-state index contributed by atoms with van der Waals surface area (Å²) in [5.74, 6) is -6.14. The largest absolute Gasteiger partial charge is 0.478 e. The molecule has 1 aliphatic rings. The summed E-state index contributed by atoms with van der Waals surface area (Å²) in [7, 11) is -9.30. The third-order valence-corrected chi connectivity index (χ3v) is 7.79. The van der Waals surface area contributed by atoms with Gasteiger partial charge in [0.2, 0.25) is 14.9 Å². The molecule has 0 bridgehead atoms. The molecular weight excluding hydrogens is 464 g/mol. The van der Waals surface area contributed by atoms with Gasteiger partial charge in [-0.05, 0) is 23.3 Å². The Morgan fingerprint density at radius 1 is 0.719 bits per heavy atom. The molecule has 0 atom stereocenters. The van der Waals surface area contributed by atoms with E-state index in [4.69, 9.17) is 0 Å². The van der Waals surface area contributed by atoms with Crippen LogP contribution in [0.2, 0.25) is 0 Å². The lowest BCUT2D eigenvalue weighted by atomic mass is 10.1. The normalized spacial score (nSPS) is 14.1. The molecule has 1 aliphatic heterocycles. The Labute approximate surface area is 181 Å². The van der Waals surface area contributed by atoms with Gasteiger partial charge in [0, 0.05) is 0 Å². The molecule has 2 aromatic carbocycles. The topological polar surface area (TPSA) is 185 Å². The average molecular weight is 478 g/mol. The van der Waals surface area contributed by atoms with Crippen LogP contribution in [0.4, 0.5) is 0 Å². The highest BCUT2D eigenvalue weighted by atomic mass is 32.2. The average Bonchev–Trinajstić information content (AvgIpc) is 3.11. The summed E-state index contributed by atoms with van der Waals surface area (Å²) in [6.07, 6.45) is 0.